The minimum Gasteiger partial charge on any atom is -0.497 e. The summed E-state index contributed by atoms with van der Waals surface area (Å²) in [4.78, 5) is 0. The lowest BCUT2D eigenvalue weighted by molar-refractivity contribution is 0.215. The first-order chi connectivity index (χ1) is 11.8. The molecule has 0 fully saturated rings. The summed E-state index contributed by atoms with van der Waals surface area (Å²) in [5, 5.41) is 2.30. The highest BCUT2D eigenvalue weighted by Crippen LogP contribution is 2.27. The lowest BCUT2D eigenvalue weighted by Crippen LogP contribution is -2.11. The summed E-state index contributed by atoms with van der Waals surface area (Å²) in [6.45, 7) is 1.33. The van der Waals surface area contributed by atoms with Crippen molar-refractivity contribution in [1.29, 1.82) is 0 Å². The van der Waals surface area contributed by atoms with Crippen molar-refractivity contribution in [3.8, 4) is 17.2 Å². The topological polar surface area (TPSA) is 53.7 Å². The van der Waals surface area contributed by atoms with E-state index < -0.39 is 0 Å². The zero-order valence-electron chi connectivity index (χ0n) is 13.7. The van der Waals surface area contributed by atoms with Gasteiger partial charge in [-0.15, -0.1) is 0 Å². The number of fused-ring (bicyclic) bond motifs is 1. The molecule has 0 aliphatic heterocycles. The van der Waals surface area contributed by atoms with Crippen molar-refractivity contribution in [2.75, 3.05) is 20.3 Å². The Hall–Kier alpha value is -2.72. The molecule has 124 valence electrons. The van der Waals surface area contributed by atoms with Crippen LogP contribution in [0.15, 0.2) is 60.7 Å². The molecule has 0 saturated heterocycles. The van der Waals surface area contributed by atoms with E-state index in [1.54, 1.807) is 7.11 Å². The number of benzene rings is 3. The molecule has 0 unspecified atom stereocenters. The maximum absolute atomic E-state index is 5.92. The van der Waals surface area contributed by atoms with Gasteiger partial charge in [0.1, 0.15) is 30.5 Å². The third-order valence-corrected chi connectivity index (χ3v) is 3.85. The molecule has 3 rings (SSSR count). The lowest BCUT2D eigenvalue weighted by Gasteiger charge is -2.14. The van der Waals surface area contributed by atoms with Crippen molar-refractivity contribution in [3.05, 3.63) is 66.2 Å². The maximum Gasteiger partial charge on any atom is 0.124 e. The minimum atomic E-state index is 0.438. The lowest BCUT2D eigenvalue weighted by atomic mass is 10.0. The van der Waals surface area contributed by atoms with E-state index >= 15 is 0 Å². The van der Waals surface area contributed by atoms with E-state index in [1.807, 2.05) is 48.5 Å². The molecule has 0 aromatic heterocycles. The van der Waals surface area contributed by atoms with Crippen molar-refractivity contribution in [1.82, 2.24) is 0 Å². The highest BCUT2D eigenvalue weighted by molar-refractivity contribution is 5.87. The van der Waals surface area contributed by atoms with E-state index in [1.165, 1.54) is 0 Å². The number of hydrogen-bond donors (Lipinski definition) is 1. The van der Waals surface area contributed by atoms with Crippen LogP contribution in [-0.4, -0.2) is 20.3 Å². The quantitative estimate of drug-likeness (QED) is 0.673. The monoisotopic (exact) mass is 323 g/mol. The normalized spacial score (nSPS) is 10.6. The highest BCUT2D eigenvalue weighted by Gasteiger charge is 2.07. The van der Waals surface area contributed by atoms with Crippen molar-refractivity contribution >= 4 is 10.8 Å². The largest absolute Gasteiger partial charge is 0.497 e. The van der Waals surface area contributed by atoms with Crippen molar-refractivity contribution < 1.29 is 14.2 Å². The van der Waals surface area contributed by atoms with Crippen LogP contribution in [0.4, 0.5) is 0 Å². The van der Waals surface area contributed by atoms with Crippen LogP contribution < -0.4 is 19.9 Å². The summed E-state index contributed by atoms with van der Waals surface area (Å²) in [5.74, 6) is 2.34. The van der Waals surface area contributed by atoms with Gasteiger partial charge in [-0.1, -0.05) is 36.4 Å². The SMILES string of the molecule is COc1cccc(OCCOc2ccc3ccccc3c2CN)c1. The first-order valence-corrected chi connectivity index (χ1v) is 7.92. The molecule has 0 bridgehead atoms. The fourth-order valence-corrected chi connectivity index (χ4v) is 2.66. The average Bonchev–Trinajstić information content (AvgIpc) is 2.65. The van der Waals surface area contributed by atoms with Crippen molar-refractivity contribution in [2.24, 2.45) is 5.73 Å². The molecule has 0 spiro atoms. The molecule has 0 aliphatic carbocycles. The first-order valence-electron chi connectivity index (χ1n) is 7.92. The Morgan fingerprint density at radius 1 is 0.833 bits per heavy atom. The molecule has 0 saturated carbocycles. The van der Waals surface area contributed by atoms with Gasteiger partial charge in [0, 0.05) is 18.2 Å². The molecule has 2 N–H and O–H groups in total. The van der Waals surface area contributed by atoms with Crippen LogP contribution in [0.1, 0.15) is 5.56 Å². The number of rotatable bonds is 7. The Kier molecular flexibility index (Phi) is 5.18. The second-order valence-electron chi connectivity index (χ2n) is 5.34. The maximum atomic E-state index is 5.92. The predicted octanol–water partition coefficient (Wildman–Crippen LogP) is 3.76. The van der Waals surface area contributed by atoms with Gasteiger partial charge in [0.25, 0.3) is 0 Å². The van der Waals surface area contributed by atoms with Crippen molar-refractivity contribution in [2.45, 2.75) is 6.54 Å². The standard InChI is InChI=1S/C20H21NO3/c1-22-16-6-4-7-17(13-16)23-11-12-24-20-10-9-15-5-2-3-8-18(15)19(20)14-21/h2-10,13H,11-12,14,21H2,1H3. The second-order valence-corrected chi connectivity index (χ2v) is 5.34. The Balaban J connectivity index is 1.63. The van der Waals surface area contributed by atoms with Crippen molar-refractivity contribution in [3.63, 3.8) is 0 Å². The summed E-state index contributed by atoms with van der Waals surface area (Å²) >= 11 is 0. The smallest absolute Gasteiger partial charge is 0.124 e. The molecule has 24 heavy (non-hydrogen) atoms. The fraction of sp³-hybridized carbons (Fsp3) is 0.200. The van der Waals surface area contributed by atoms with Crippen LogP contribution in [0.3, 0.4) is 0 Å². The molecule has 0 radical (unpaired) electrons. The van der Waals surface area contributed by atoms with Gasteiger partial charge in [-0.05, 0) is 29.0 Å². The third-order valence-electron chi connectivity index (χ3n) is 3.85. The molecule has 0 atom stereocenters. The average molecular weight is 323 g/mol. The van der Waals surface area contributed by atoms with E-state index in [0.29, 0.717) is 19.8 Å². The minimum absolute atomic E-state index is 0.438. The zero-order valence-corrected chi connectivity index (χ0v) is 13.7. The van der Waals surface area contributed by atoms with E-state index in [0.717, 1.165) is 33.6 Å². The number of methoxy groups -OCH3 is 1. The Bertz CT molecular complexity index is 817. The third kappa shape index (κ3) is 3.60. The number of nitrogens with two attached hydrogens (primary N) is 1. The number of hydrogen-bond acceptors (Lipinski definition) is 4. The zero-order chi connectivity index (χ0) is 16.8. The fourth-order valence-electron chi connectivity index (χ4n) is 2.66. The Morgan fingerprint density at radius 2 is 1.62 bits per heavy atom. The van der Waals surface area contributed by atoms with Crippen LogP contribution in [-0.2, 0) is 6.54 Å². The summed E-state index contributed by atoms with van der Waals surface area (Å²) in [5.41, 5.74) is 6.94. The van der Waals surface area contributed by atoms with E-state index in [2.05, 4.69) is 12.1 Å². The summed E-state index contributed by atoms with van der Waals surface area (Å²) in [7, 11) is 1.64. The second kappa shape index (κ2) is 7.70. The van der Waals surface area contributed by atoms with Gasteiger partial charge >= 0.3 is 0 Å². The molecule has 4 nitrogen and oxygen atoms in total. The van der Waals surface area contributed by atoms with Crippen LogP contribution in [0, 0.1) is 0 Å². The predicted molar refractivity (Wildman–Crippen MR) is 95.8 cm³/mol. The van der Waals surface area contributed by atoms with Gasteiger partial charge < -0.3 is 19.9 Å². The molecular formula is C20H21NO3. The van der Waals surface area contributed by atoms with E-state index in [-0.39, 0.29) is 0 Å². The summed E-state index contributed by atoms with van der Waals surface area (Å²) in [6.07, 6.45) is 0. The van der Waals surface area contributed by atoms with Crippen LogP contribution in [0.5, 0.6) is 17.2 Å². The summed E-state index contributed by atoms with van der Waals surface area (Å²) in [6, 6.07) is 19.7. The van der Waals surface area contributed by atoms with Gasteiger partial charge in [-0.3, -0.25) is 0 Å². The van der Waals surface area contributed by atoms with Gasteiger partial charge in [0.15, 0.2) is 0 Å². The summed E-state index contributed by atoms with van der Waals surface area (Å²) < 4.78 is 16.7. The van der Waals surface area contributed by atoms with E-state index in [4.69, 9.17) is 19.9 Å². The molecule has 4 heteroatoms. The Morgan fingerprint density at radius 3 is 2.46 bits per heavy atom. The number of ether oxygens (including phenoxy) is 3. The van der Waals surface area contributed by atoms with Gasteiger partial charge in [0.05, 0.1) is 7.11 Å². The first kappa shape index (κ1) is 16.1. The van der Waals surface area contributed by atoms with Gasteiger partial charge in [-0.25, -0.2) is 0 Å². The molecule has 0 heterocycles. The van der Waals surface area contributed by atoms with Crippen LogP contribution >= 0.6 is 0 Å². The van der Waals surface area contributed by atoms with Gasteiger partial charge in [-0.2, -0.15) is 0 Å². The molecular weight excluding hydrogens is 302 g/mol. The van der Waals surface area contributed by atoms with Gasteiger partial charge in [0.2, 0.25) is 0 Å². The Labute approximate surface area is 141 Å². The highest BCUT2D eigenvalue weighted by atomic mass is 16.5. The molecule has 0 amide bonds. The van der Waals surface area contributed by atoms with E-state index in [9.17, 15) is 0 Å². The van der Waals surface area contributed by atoms with Crippen LogP contribution in [0.2, 0.25) is 0 Å². The molecule has 0 aliphatic rings. The van der Waals surface area contributed by atoms with Crippen LogP contribution in [0.25, 0.3) is 10.8 Å². The molecule has 3 aromatic rings. The molecule has 3 aromatic carbocycles.